The molecule has 2 N–H and O–H groups in total. The van der Waals surface area contributed by atoms with Gasteiger partial charge in [-0.1, -0.05) is 0 Å². The fourth-order valence-corrected chi connectivity index (χ4v) is 2.70. The second-order valence-electron chi connectivity index (χ2n) is 5.24. The number of aromatic nitrogens is 2. The Bertz CT molecular complexity index is 414. The molecule has 1 unspecified atom stereocenters. The van der Waals surface area contributed by atoms with E-state index in [4.69, 9.17) is 10.7 Å². The van der Waals surface area contributed by atoms with E-state index < -0.39 is 0 Å². The van der Waals surface area contributed by atoms with Crippen LogP contribution in [0.25, 0.3) is 0 Å². The fraction of sp³-hybridized carbons (Fsp3) is 0.692. The minimum atomic E-state index is 0.435. The molecule has 0 radical (unpaired) electrons. The van der Waals surface area contributed by atoms with Gasteiger partial charge in [0.2, 0.25) is 5.95 Å². The summed E-state index contributed by atoms with van der Waals surface area (Å²) in [5.74, 6) is 1.58. The van der Waals surface area contributed by atoms with Crippen LogP contribution in [0, 0.1) is 6.92 Å². The first-order valence-electron chi connectivity index (χ1n) is 6.60. The number of hydrogen-bond donors (Lipinski definition) is 1. The van der Waals surface area contributed by atoms with Crippen molar-refractivity contribution in [2.24, 2.45) is 5.73 Å². The van der Waals surface area contributed by atoms with Crippen LogP contribution in [0.4, 0.5) is 5.95 Å². The number of aryl methyl sites for hydroxylation is 1. The fourth-order valence-electron chi connectivity index (χ4n) is 2.70. The Morgan fingerprint density at radius 1 is 1.41 bits per heavy atom. The molecule has 1 saturated carbocycles. The predicted molar refractivity (Wildman–Crippen MR) is 68.2 cm³/mol. The minimum Gasteiger partial charge on any atom is -0.337 e. The lowest BCUT2D eigenvalue weighted by Gasteiger charge is -2.24. The van der Waals surface area contributed by atoms with Crippen molar-refractivity contribution in [1.82, 2.24) is 9.97 Å². The molecule has 0 aromatic carbocycles. The second-order valence-corrected chi connectivity index (χ2v) is 5.24. The Morgan fingerprint density at radius 2 is 2.24 bits per heavy atom. The largest absolute Gasteiger partial charge is 0.337 e. The average molecular weight is 232 g/mol. The quantitative estimate of drug-likeness (QED) is 0.860. The summed E-state index contributed by atoms with van der Waals surface area (Å²) in [5.41, 5.74) is 8.30. The molecular formula is C13H20N4. The number of rotatable bonds is 3. The molecule has 2 fully saturated rings. The highest BCUT2D eigenvalue weighted by atomic mass is 15.3. The van der Waals surface area contributed by atoms with E-state index >= 15 is 0 Å². The van der Waals surface area contributed by atoms with Gasteiger partial charge in [-0.15, -0.1) is 0 Å². The normalized spacial score (nSPS) is 24.4. The zero-order valence-electron chi connectivity index (χ0n) is 10.4. The van der Waals surface area contributed by atoms with Crippen LogP contribution in [0.1, 0.15) is 42.9 Å². The SMILES string of the molecule is Cc1cnc(N2CCCC2CN)nc1C1CC1. The molecule has 0 amide bonds. The molecule has 1 atom stereocenters. The number of nitrogens with two attached hydrogens (primary N) is 1. The predicted octanol–water partition coefficient (Wildman–Crippen LogP) is 1.59. The summed E-state index contributed by atoms with van der Waals surface area (Å²) in [6.45, 7) is 3.87. The van der Waals surface area contributed by atoms with Crippen molar-refractivity contribution >= 4 is 5.95 Å². The van der Waals surface area contributed by atoms with Crippen molar-refractivity contribution in [1.29, 1.82) is 0 Å². The van der Waals surface area contributed by atoms with Gasteiger partial charge < -0.3 is 10.6 Å². The van der Waals surface area contributed by atoms with E-state index in [1.54, 1.807) is 0 Å². The van der Waals surface area contributed by atoms with E-state index in [-0.39, 0.29) is 0 Å². The molecule has 1 aromatic heterocycles. The molecule has 2 aliphatic rings. The molecule has 92 valence electrons. The van der Waals surface area contributed by atoms with Crippen LogP contribution in [0.3, 0.4) is 0 Å². The van der Waals surface area contributed by atoms with Gasteiger partial charge in [0.25, 0.3) is 0 Å². The topological polar surface area (TPSA) is 55.0 Å². The highest BCUT2D eigenvalue weighted by Crippen LogP contribution is 2.40. The maximum absolute atomic E-state index is 5.80. The monoisotopic (exact) mass is 232 g/mol. The van der Waals surface area contributed by atoms with Crippen LogP contribution in [-0.2, 0) is 0 Å². The van der Waals surface area contributed by atoms with Crippen LogP contribution in [0.2, 0.25) is 0 Å². The van der Waals surface area contributed by atoms with Gasteiger partial charge in [-0.2, -0.15) is 0 Å². The lowest BCUT2D eigenvalue weighted by molar-refractivity contribution is 0.661. The van der Waals surface area contributed by atoms with E-state index in [2.05, 4.69) is 16.8 Å². The summed E-state index contributed by atoms with van der Waals surface area (Å²) in [6, 6.07) is 0.435. The number of nitrogens with zero attached hydrogens (tertiary/aromatic N) is 3. The molecule has 17 heavy (non-hydrogen) atoms. The average Bonchev–Trinajstić information content (AvgIpc) is 3.07. The maximum Gasteiger partial charge on any atom is 0.225 e. The zero-order valence-corrected chi connectivity index (χ0v) is 10.4. The molecule has 1 aromatic rings. The smallest absolute Gasteiger partial charge is 0.225 e. The Kier molecular flexibility index (Phi) is 2.74. The van der Waals surface area contributed by atoms with Gasteiger partial charge in [0.15, 0.2) is 0 Å². The number of anilines is 1. The van der Waals surface area contributed by atoms with Crippen molar-refractivity contribution in [3.8, 4) is 0 Å². The Balaban J connectivity index is 1.89. The lowest BCUT2D eigenvalue weighted by Crippen LogP contribution is -2.36. The first-order valence-corrected chi connectivity index (χ1v) is 6.60. The van der Waals surface area contributed by atoms with E-state index in [1.165, 1.54) is 36.9 Å². The van der Waals surface area contributed by atoms with Crippen molar-refractivity contribution < 1.29 is 0 Å². The highest BCUT2D eigenvalue weighted by molar-refractivity contribution is 5.37. The van der Waals surface area contributed by atoms with E-state index in [0.717, 1.165) is 12.5 Å². The molecule has 4 heteroatoms. The third kappa shape index (κ3) is 2.02. The molecule has 0 bridgehead atoms. The van der Waals surface area contributed by atoms with E-state index in [1.807, 2.05) is 6.20 Å². The molecule has 0 spiro atoms. The van der Waals surface area contributed by atoms with Crippen LogP contribution in [-0.4, -0.2) is 29.1 Å². The van der Waals surface area contributed by atoms with Gasteiger partial charge in [0.1, 0.15) is 0 Å². The third-order valence-electron chi connectivity index (χ3n) is 3.87. The van der Waals surface area contributed by atoms with Crippen molar-refractivity contribution in [3.05, 3.63) is 17.5 Å². The molecule has 4 nitrogen and oxygen atoms in total. The van der Waals surface area contributed by atoms with Crippen LogP contribution >= 0.6 is 0 Å². The zero-order chi connectivity index (χ0) is 11.8. The van der Waals surface area contributed by atoms with Gasteiger partial charge in [-0.3, -0.25) is 0 Å². The standard InChI is InChI=1S/C13H20N4/c1-9-8-15-13(16-12(9)10-4-5-10)17-6-2-3-11(17)7-14/h8,10-11H,2-7,14H2,1H3. The summed E-state index contributed by atoms with van der Waals surface area (Å²) in [7, 11) is 0. The number of hydrogen-bond acceptors (Lipinski definition) is 4. The second kappa shape index (κ2) is 4.26. The van der Waals surface area contributed by atoms with Gasteiger partial charge in [0, 0.05) is 31.2 Å². The Labute approximate surface area is 102 Å². The third-order valence-corrected chi connectivity index (χ3v) is 3.87. The van der Waals surface area contributed by atoms with Crippen molar-refractivity contribution in [2.75, 3.05) is 18.0 Å². The molecular weight excluding hydrogens is 212 g/mol. The first-order chi connectivity index (χ1) is 8.29. The first kappa shape index (κ1) is 11.0. The van der Waals surface area contributed by atoms with E-state index in [9.17, 15) is 0 Å². The maximum atomic E-state index is 5.80. The molecule has 3 rings (SSSR count). The van der Waals surface area contributed by atoms with Crippen molar-refractivity contribution in [3.63, 3.8) is 0 Å². The van der Waals surface area contributed by atoms with Gasteiger partial charge in [-0.05, 0) is 38.2 Å². The molecule has 1 aliphatic heterocycles. The minimum absolute atomic E-state index is 0.435. The summed E-state index contributed by atoms with van der Waals surface area (Å²) in [5, 5.41) is 0. The van der Waals surface area contributed by atoms with Crippen LogP contribution < -0.4 is 10.6 Å². The summed E-state index contributed by atoms with van der Waals surface area (Å²) in [4.78, 5) is 11.5. The van der Waals surface area contributed by atoms with Gasteiger partial charge in [-0.25, -0.2) is 9.97 Å². The molecule has 2 heterocycles. The Hall–Kier alpha value is -1.16. The van der Waals surface area contributed by atoms with E-state index in [0.29, 0.717) is 18.5 Å². The summed E-state index contributed by atoms with van der Waals surface area (Å²) >= 11 is 0. The summed E-state index contributed by atoms with van der Waals surface area (Å²) < 4.78 is 0. The lowest BCUT2D eigenvalue weighted by atomic mass is 10.2. The van der Waals surface area contributed by atoms with Gasteiger partial charge in [0.05, 0.1) is 5.69 Å². The highest BCUT2D eigenvalue weighted by Gasteiger charge is 2.30. The molecule has 1 saturated heterocycles. The molecule has 1 aliphatic carbocycles. The van der Waals surface area contributed by atoms with Crippen molar-refractivity contribution in [2.45, 2.75) is 44.6 Å². The Morgan fingerprint density at radius 3 is 2.94 bits per heavy atom. The van der Waals surface area contributed by atoms with Crippen LogP contribution in [0.5, 0.6) is 0 Å². The van der Waals surface area contributed by atoms with Gasteiger partial charge >= 0.3 is 0 Å². The van der Waals surface area contributed by atoms with Crippen LogP contribution in [0.15, 0.2) is 6.20 Å². The summed E-state index contributed by atoms with van der Waals surface area (Å²) in [6.07, 6.45) is 6.93.